The van der Waals surface area contributed by atoms with E-state index in [4.69, 9.17) is 15.7 Å². The third-order valence-corrected chi connectivity index (χ3v) is 10.5. The van der Waals surface area contributed by atoms with E-state index in [1.165, 1.54) is 56.2 Å². The first kappa shape index (κ1) is 33.2. The van der Waals surface area contributed by atoms with Gasteiger partial charge in [-0.25, -0.2) is 24.9 Å². The molecule has 4 aromatic carbocycles. The molecule has 4 N–H and O–H groups in total. The van der Waals surface area contributed by atoms with Crippen LogP contribution in [0.5, 0.6) is 0 Å². The van der Waals surface area contributed by atoms with Gasteiger partial charge < -0.3 is 26.2 Å². The zero-order valence-corrected chi connectivity index (χ0v) is 30.0. The van der Waals surface area contributed by atoms with Crippen molar-refractivity contribution in [2.75, 3.05) is 52.3 Å². The van der Waals surface area contributed by atoms with Crippen molar-refractivity contribution in [1.82, 2.24) is 4.90 Å². The molecule has 11 nitrogen and oxygen atoms in total. The number of rotatable bonds is 8. The number of nitrogens with one attached hydrogen (secondary N) is 2. The van der Waals surface area contributed by atoms with Crippen molar-refractivity contribution in [2.45, 2.75) is 38.5 Å². The summed E-state index contributed by atoms with van der Waals surface area (Å²) in [6.45, 7) is 4.17. The van der Waals surface area contributed by atoms with E-state index < -0.39 is 0 Å². The second kappa shape index (κ2) is 14.4. The van der Waals surface area contributed by atoms with Crippen LogP contribution in [0, 0.1) is 11.3 Å². The van der Waals surface area contributed by atoms with Crippen LogP contribution in [-0.2, 0) is 0 Å². The summed E-state index contributed by atoms with van der Waals surface area (Å²) in [5.74, 6) is 1.03. The first-order valence-electron chi connectivity index (χ1n) is 18.8. The number of nitrogens with two attached hydrogens (primary N) is 1. The Labute approximate surface area is 315 Å². The molecule has 0 saturated carbocycles. The van der Waals surface area contributed by atoms with E-state index >= 15 is 0 Å². The Hall–Kier alpha value is -6.67. The number of hydrogen-bond donors (Lipinski definition) is 3. The molecule has 0 spiro atoms. The zero-order chi connectivity index (χ0) is 36.4. The van der Waals surface area contributed by atoms with Crippen LogP contribution in [0.15, 0.2) is 123 Å². The van der Waals surface area contributed by atoms with Crippen molar-refractivity contribution in [3.05, 3.63) is 119 Å². The van der Waals surface area contributed by atoms with Gasteiger partial charge in [-0.05, 0) is 136 Å². The van der Waals surface area contributed by atoms with Crippen molar-refractivity contribution < 1.29 is 0 Å². The van der Waals surface area contributed by atoms with E-state index in [-0.39, 0.29) is 0 Å². The van der Waals surface area contributed by atoms with E-state index in [2.05, 4.69) is 85.0 Å². The fraction of sp³-hybridized carbons (Fsp3) is 0.233. The van der Waals surface area contributed by atoms with Crippen molar-refractivity contribution in [1.29, 1.82) is 5.26 Å². The molecule has 2 fully saturated rings. The molecule has 0 bridgehead atoms. The maximum Gasteiger partial charge on any atom is 0.239 e. The summed E-state index contributed by atoms with van der Waals surface area (Å²) in [5.41, 5.74) is 17.8. The lowest BCUT2D eigenvalue weighted by Crippen LogP contribution is -2.40. The lowest BCUT2D eigenvalue weighted by atomic mass is 10.0. The standard InChI is InChI=1S/C43H41N11/c44-27-29-7-11-31(12-8-29)48-38-23-33(52-19-3-1-4-20-52)15-17-36(38)40-25-35-26-41(51-43-47-28-46-42(50-40)54(35)43)37-18-16-34(53-21-5-2-6-22-53)24-39(37)49-32-13-9-30(45)10-14-32/h7-18,23-26,28,48-49H,1-6,19-22,45H2. The molecule has 0 atom stereocenters. The predicted octanol–water partition coefficient (Wildman–Crippen LogP) is 8.41. The summed E-state index contributed by atoms with van der Waals surface area (Å²) < 4.78 is 0. The van der Waals surface area contributed by atoms with Gasteiger partial charge in [-0.2, -0.15) is 5.26 Å². The molecule has 0 unspecified atom stereocenters. The highest BCUT2D eigenvalue weighted by atomic mass is 15.4. The maximum absolute atomic E-state index is 9.38. The lowest BCUT2D eigenvalue weighted by Gasteiger charge is -2.33. The van der Waals surface area contributed by atoms with Gasteiger partial charge in [-0.15, -0.1) is 0 Å². The molecule has 5 aliphatic rings. The van der Waals surface area contributed by atoms with Crippen LogP contribution in [-0.4, -0.2) is 55.0 Å². The normalized spacial score (nSPS) is 17.7. The summed E-state index contributed by atoms with van der Waals surface area (Å²) in [6, 6.07) is 30.7. The molecule has 11 heteroatoms. The molecule has 54 heavy (non-hydrogen) atoms. The molecule has 5 aliphatic heterocycles. The van der Waals surface area contributed by atoms with Crippen molar-refractivity contribution in [2.24, 2.45) is 20.0 Å². The monoisotopic (exact) mass is 711 g/mol. The van der Waals surface area contributed by atoms with E-state index in [9.17, 15) is 5.26 Å². The van der Waals surface area contributed by atoms with Gasteiger partial charge in [0.05, 0.1) is 40.1 Å². The van der Waals surface area contributed by atoms with Gasteiger partial charge in [0.15, 0.2) is 0 Å². The van der Waals surface area contributed by atoms with Crippen molar-refractivity contribution in [3.63, 3.8) is 0 Å². The van der Waals surface area contributed by atoms with Crippen LogP contribution in [0.1, 0.15) is 55.2 Å². The molecule has 4 aromatic rings. The van der Waals surface area contributed by atoms with Crippen molar-refractivity contribution in [3.8, 4) is 6.07 Å². The Morgan fingerprint density at radius 2 is 1.22 bits per heavy atom. The molecule has 5 heterocycles. The third kappa shape index (κ3) is 6.70. The topological polar surface area (TPSA) is 133 Å². The SMILES string of the molecule is N#Cc1ccc(Nc2cc(N3CCCCC3)ccc2C2=NC3=NC=NC4=NC(c5ccc(N6CCCCC6)cc5Nc5ccc(N)cc5)=CC(=C2)N34)cc1. The minimum absolute atomic E-state index is 0.511. The van der Waals surface area contributed by atoms with E-state index in [0.717, 1.165) is 82.8 Å². The Morgan fingerprint density at radius 1 is 0.630 bits per heavy atom. The number of nitrogen functional groups attached to an aromatic ring is 1. The minimum Gasteiger partial charge on any atom is -0.399 e. The number of guanidine groups is 2. The molecule has 268 valence electrons. The largest absolute Gasteiger partial charge is 0.399 e. The van der Waals surface area contributed by atoms with Crippen LogP contribution >= 0.6 is 0 Å². The van der Waals surface area contributed by atoms with Gasteiger partial charge in [0.25, 0.3) is 0 Å². The van der Waals surface area contributed by atoms with Gasteiger partial charge in [0.2, 0.25) is 11.9 Å². The first-order valence-corrected chi connectivity index (χ1v) is 18.8. The number of benzene rings is 4. The molecule has 0 aromatic heterocycles. The first-order chi connectivity index (χ1) is 26.6. The second-order valence-electron chi connectivity index (χ2n) is 14.1. The number of allylic oxidation sites excluding steroid dienone is 2. The number of nitriles is 1. The van der Waals surface area contributed by atoms with Crippen LogP contribution in [0.25, 0.3) is 5.70 Å². The van der Waals surface area contributed by atoms with Gasteiger partial charge in [0, 0.05) is 65.7 Å². The zero-order valence-electron chi connectivity index (χ0n) is 30.0. The number of piperidine rings is 2. The summed E-state index contributed by atoms with van der Waals surface area (Å²) in [4.78, 5) is 26.1. The number of anilines is 7. The van der Waals surface area contributed by atoms with Crippen LogP contribution in [0.2, 0.25) is 0 Å². The van der Waals surface area contributed by atoms with Crippen LogP contribution in [0.4, 0.5) is 39.8 Å². The van der Waals surface area contributed by atoms with Crippen molar-refractivity contribution >= 4 is 69.5 Å². The Morgan fingerprint density at radius 3 is 1.85 bits per heavy atom. The van der Waals surface area contributed by atoms with Gasteiger partial charge in [-0.1, -0.05) is 0 Å². The van der Waals surface area contributed by atoms with E-state index in [0.29, 0.717) is 17.5 Å². The lowest BCUT2D eigenvalue weighted by molar-refractivity contribution is 0.578. The average Bonchev–Trinajstić information content (AvgIpc) is 3.22. The summed E-state index contributed by atoms with van der Waals surface area (Å²) in [5, 5.41) is 16.7. The summed E-state index contributed by atoms with van der Waals surface area (Å²) >= 11 is 0. The quantitative estimate of drug-likeness (QED) is 0.156. The number of hydrogen-bond acceptors (Lipinski definition) is 11. The average molecular weight is 712 g/mol. The molecule has 0 aliphatic carbocycles. The van der Waals surface area contributed by atoms with Gasteiger partial charge in [-0.3, -0.25) is 0 Å². The number of aliphatic imine (C=N–C) groups is 4. The highest BCUT2D eigenvalue weighted by Crippen LogP contribution is 2.38. The van der Waals surface area contributed by atoms with E-state index in [1.807, 2.05) is 53.4 Å². The van der Waals surface area contributed by atoms with Gasteiger partial charge >= 0.3 is 0 Å². The maximum atomic E-state index is 9.38. The minimum atomic E-state index is 0.511. The highest BCUT2D eigenvalue weighted by Gasteiger charge is 2.32. The van der Waals surface area contributed by atoms with E-state index in [1.54, 1.807) is 0 Å². The van der Waals surface area contributed by atoms with Gasteiger partial charge in [0.1, 0.15) is 6.34 Å². The molecule has 2 saturated heterocycles. The fourth-order valence-corrected chi connectivity index (χ4v) is 7.65. The Bertz CT molecular complexity index is 2310. The fourth-order valence-electron chi connectivity index (χ4n) is 7.65. The smallest absolute Gasteiger partial charge is 0.239 e. The highest BCUT2D eigenvalue weighted by molar-refractivity contribution is 6.24. The molecular weight excluding hydrogens is 671 g/mol. The molecular formula is C43H41N11. The molecule has 0 amide bonds. The van der Waals surface area contributed by atoms with Crippen LogP contribution in [0.3, 0.4) is 0 Å². The second-order valence-corrected chi connectivity index (χ2v) is 14.1. The Kier molecular flexibility index (Phi) is 8.84. The summed E-state index contributed by atoms with van der Waals surface area (Å²) in [7, 11) is 0. The Balaban J connectivity index is 1.12. The molecule has 9 rings (SSSR count). The third-order valence-electron chi connectivity index (χ3n) is 10.5. The van der Waals surface area contributed by atoms with Crippen LogP contribution < -0.4 is 26.2 Å². The molecule has 0 radical (unpaired) electrons. The predicted molar refractivity (Wildman–Crippen MR) is 221 cm³/mol. The summed E-state index contributed by atoms with van der Waals surface area (Å²) in [6.07, 6.45) is 13.0. The number of nitrogens with zero attached hydrogens (tertiary/aromatic N) is 8.